The van der Waals surface area contributed by atoms with Gasteiger partial charge in [0, 0.05) is 29.8 Å². The maximum Gasteiger partial charge on any atom is 0.327 e. The van der Waals surface area contributed by atoms with E-state index in [1.165, 1.54) is 19.4 Å². The zero-order valence-corrected chi connectivity index (χ0v) is 17.9. The molecule has 5 atom stereocenters. The van der Waals surface area contributed by atoms with Crippen LogP contribution in [0.25, 0.3) is 0 Å². The van der Waals surface area contributed by atoms with Gasteiger partial charge < -0.3 is 36.9 Å². The van der Waals surface area contributed by atoms with Crippen molar-refractivity contribution < 1.29 is 29.4 Å². The molecule has 0 bridgehead atoms. The monoisotopic (exact) mass is 462 g/mol. The van der Waals surface area contributed by atoms with E-state index in [1.807, 2.05) is 0 Å². The first kappa shape index (κ1) is 25.7. The Bertz CT molecular complexity index is 732. The summed E-state index contributed by atoms with van der Waals surface area (Å²) in [5.41, 5.74) is 6.15. The number of aliphatic hydroxyl groups is 1. The second-order valence-corrected chi connectivity index (χ2v) is 7.17. The second-order valence-electron chi connectivity index (χ2n) is 6.44. The SMILES string of the molecule is CC(O)C(NC(=O)C(Cc1cnc[nH]1)NC(=O)C(N)CS)C(=O)NC(CS)C(=O)O. The molecule has 0 saturated heterocycles. The molecule has 14 heteroatoms. The molecule has 1 aromatic heterocycles. The van der Waals surface area contributed by atoms with Crippen molar-refractivity contribution >= 4 is 48.9 Å². The Morgan fingerprint density at radius 3 is 2.20 bits per heavy atom. The van der Waals surface area contributed by atoms with E-state index in [1.54, 1.807) is 0 Å². The van der Waals surface area contributed by atoms with Crippen molar-refractivity contribution in [2.24, 2.45) is 5.73 Å². The Kier molecular flexibility index (Phi) is 10.7. The van der Waals surface area contributed by atoms with E-state index in [0.717, 1.165) is 0 Å². The predicted molar refractivity (Wildman–Crippen MR) is 113 cm³/mol. The van der Waals surface area contributed by atoms with Crippen LogP contribution in [0.15, 0.2) is 12.5 Å². The molecular weight excluding hydrogens is 436 g/mol. The third-order valence-corrected chi connectivity index (χ3v) is 4.76. The average Bonchev–Trinajstić information content (AvgIpc) is 3.21. The molecule has 1 aromatic rings. The molecule has 5 unspecified atom stereocenters. The van der Waals surface area contributed by atoms with E-state index in [2.05, 4.69) is 51.2 Å². The molecule has 30 heavy (non-hydrogen) atoms. The van der Waals surface area contributed by atoms with E-state index in [0.29, 0.717) is 5.69 Å². The van der Waals surface area contributed by atoms with Gasteiger partial charge in [0.05, 0.1) is 18.5 Å². The van der Waals surface area contributed by atoms with Gasteiger partial charge in [0.2, 0.25) is 17.7 Å². The number of aliphatic carboxylic acids is 1. The number of aliphatic hydroxyl groups excluding tert-OH is 1. The highest BCUT2D eigenvalue weighted by atomic mass is 32.1. The summed E-state index contributed by atoms with van der Waals surface area (Å²) >= 11 is 7.79. The molecule has 0 spiro atoms. The summed E-state index contributed by atoms with van der Waals surface area (Å²) in [6, 6.07) is -4.90. The minimum absolute atomic E-state index is 0.000591. The summed E-state index contributed by atoms with van der Waals surface area (Å²) < 4.78 is 0. The molecule has 3 amide bonds. The normalized spacial score (nSPS) is 15.9. The minimum atomic E-state index is -1.47. The van der Waals surface area contributed by atoms with Gasteiger partial charge in [0.25, 0.3) is 0 Å². The number of aromatic nitrogens is 2. The van der Waals surface area contributed by atoms with Crippen molar-refractivity contribution in [1.82, 2.24) is 25.9 Å². The number of carbonyl (C=O) groups excluding carboxylic acids is 3. The molecule has 0 aliphatic carbocycles. The lowest BCUT2D eigenvalue weighted by Gasteiger charge is -2.26. The highest BCUT2D eigenvalue weighted by Gasteiger charge is 2.32. The van der Waals surface area contributed by atoms with E-state index < -0.39 is 54.0 Å². The van der Waals surface area contributed by atoms with Gasteiger partial charge in [-0.2, -0.15) is 25.3 Å². The standard InChI is InChI=1S/C16H26N6O6S2/c1-7(23)12(15(26)21-11(5-30)16(27)28)22-14(25)10(2-8-3-18-6-19-8)20-13(24)9(17)4-29/h3,6-7,9-12,23,29-30H,2,4-5,17H2,1H3,(H,18,19)(H,20,24)(H,21,26)(H,22,25)(H,27,28). The van der Waals surface area contributed by atoms with Gasteiger partial charge in [0.15, 0.2) is 0 Å². The number of imidazole rings is 1. The van der Waals surface area contributed by atoms with E-state index >= 15 is 0 Å². The Hall–Kier alpha value is -2.29. The first-order valence-electron chi connectivity index (χ1n) is 8.87. The lowest BCUT2D eigenvalue weighted by Crippen LogP contribution is -2.60. The molecule has 0 fully saturated rings. The largest absolute Gasteiger partial charge is 0.480 e. The second kappa shape index (κ2) is 12.4. The van der Waals surface area contributed by atoms with Crippen molar-refractivity contribution in [3.05, 3.63) is 18.2 Å². The number of carbonyl (C=O) groups is 4. The summed E-state index contributed by atoms with van der Waals surface area (Å²) in [6.45, 7) is 1.25. The molecule has 0 aliphatic heterocycles. The van der Waals surface area contributed by atoms with Crippen LogP contribution < -0.4 is 21.7 Å². The van der Waals surface area contributed by atoms with Gasteiger partial charge >= 0.3 is 5.97 Å². The Morgan fingerprint density at radius 1 is 1.10 bits per heavy atom. The summed E-state index contributed by atoms with van der Waals surface area (Å²) in [5, 5.41) is 25.9. The molecule has 12 nitrogen and oxygen atoms in total. The zero-order chi connectivity index (χ0) is 22.8. The number of carboxylic acids is 1. The zero-order valence-electron chi connectivity index (χ0n) is 16.1. The van der Waals surface area contributed by atoms with E-state index in [9.17, 15) is 24.3 Å². The number of amides is 3. The third kappa shape index (κ3) is 7.85. The maximum absolute atomic E-state index is 12.8. The first-order chi connectivity index (χ1) is 14.1. The van der Waals surface area contributed by atoms with Crippen LogP contribution in [0.2, 0.25) is 0 Å². The number of rotatable bonds is 12. The molecule has 168 valence electrons. The molecular formula is C16H26N6O6S2. The molecule has 0 saturated carbocycles. The molecule has 1 rings (SSSR count). The fourth-order valence-corrected chi connectivity index (χ4v) is 2.71. The minimum Gasteiger partial charge on any atom is -0.480 e. The van der Waals surface area contributed by atoms with Gasteiger partial charge in [0.1, 0.15) is 18.1 Å². The van der Waals surface area contributed by atoms with Crippen molar-refractivity contribution in [3.63, 3.8) is 0 Å². The van der Waals surface area contributed by atoms with Crippen LogP contribution in [0.1, 0.15) is 12.6 Å². The van der Waals surface area contributed by atoms with Gasteiger partial charge in [-0.15, -0.1) is 0 Å². The average molecular weight is 463 g/mol. The molecule has 0 radical (unpaired) electrons. The summed E-state index contributed by atoms with van der Waals surface area (Å²) in [7, 11) is 0. The number of hydrogen-bond donors (Lipinski definition) is 9. The van der Waals surface area contributed by atoms with Crippen LogP contribution in [-0.4, -0.2) is 85.6 Å². The molecule has 0 aliphatic rings. The highest BCUT2D eigenvalue weighted by molar-refractivity contribution is 7.80. The Labute approximate surface area is 183 Å². The number of nitrogens with zero attached hydrogens (tertiary/aromatic N) is 1. The van der Waals surface area contributed by atoms with Crippen molar-refractivity contribution in [2.45, 2.75) is 43.6 Å². The van der Waals surface area contributed by atoms with Crippen LogP contribution in [0.3, 0.4) is 0 Å². The fraction of sp³-hybridized carbons (Fsp3) is 0.562. The number of nitrogens with one attached hydrogen (secondary N) is 4. The van der Waals surface area contributed by atoms with Crippen molar-refractivity contribution in [1.29, 1.82) is 0 Å². The van der Waals surface area contributed by atoms with Crippen molar-refractivity contribution in [3.8, 4) is 0 Å². The topological polar surface area (TPSA) is 200 Å². The summed E-state index contributed by atoms with van der Waals surface area (Å²) in [4.78, 5) is 55.0. The van der Waals surface area contributed by atoms with E-state index in [-0.39, 0.29) is 17.9 Å². The quantitative estimate of drug-likeness (QED) is 0.147. The van der Waals surface area contributed by atoms with Crippen LogP contribution in [0.5, 0.6) is 0 Å². The van der Waals surface area contributed by atoms with E-state index in [4.69, 9.17) is 10.8 Å². The summed E-state index contributed by atoms with van der Waals surface area (Å²) in [5.74, 6) is -3.81. The molecule has 8 N–H and O–H groups in total. The highest BCUT2D eigenvalue weighted by Crippen LogP contribution is 2.03. The van der Waals surface area contributed by atoms with Crippen LogP contribution in [-0.2, 0) is 25.6 Å². The first-order valence-corrected chi connectivity index (χ1v) is 10.1. The van der Waals surface area contributed by atoms with Gasteiger partial charge in [-0.3, -0.25) is 14.4 Å². The number of thiol groups is 2. The number of carboxylic acid groups (broad SMARTS) is 1. The lowest BCUT2D eigenvalue weighted by molar-refractivity contribution is -0.142. The number of aromatic amines is 1. The third-order valence-electron chi connectivity index (χ3n) is 4.01. The fourth-order valence-electron chi connectivity index (χ4n) is 2.29. The molecule has 0 aromatic carbocycles. The van der Waals surface area contributed by atoms with Crippen LogP contribution in [0, 0.1) is 0 Å². The summed E-state index contributed by atoms with van der Waals surface area (Å²) in [6.07, 6.45) is 1.49. The Morgan fingerprint density at radius 2 is 1.73 bits per heavy atom. The number of H-pyrrole nitrogens is 1. The number of hydrogen-bond acceptors (Lipinski definition) is 9. The van der Waals surface area contributed by atoms with Gasteiger partial charge in [-0.05, 0) is 6.92 Å². The number of nitrogens with two attached hydrogens (primary N) is 1. The van der Waals surface area contributed by atoms with Crippen LogP contribution in [0.4, 0.5) is 0 Å². The smallest absolute Gasteiger partial charge is 0.327 e. The van der Waals surface area contributed by atoms with Gasteiger partial charge in [-0.25, -0.2) is 9.78 Å². The predicted octanol–water partition coefficient (Wildman–Crippen LogP) is -2.94. The molecule has 1 heterocycles. The lowest BCUT2D eigenvalue weighted by atomic mass is 10.1. The van der Waals surface area contributed by atoms with Crippen molar-refractivity contribution in [2.75, 3.05) is 11.5 Å². The van der Waals surface area contributed by atoms with Gasteiger partial charge in [-0.1, -0.05) is 0 Å². The Balaban J connectivity index is 2.97. The van der Waals surface area contributed by atoms with Crippen LogP contribution >= 0.6 is 25.3 Å². The maximum atomic E-state index is 12.8.